The first kappa shape index (κ1) is 19.9. The molecule has 0 spiro atoms. The van der Waals surface area contributed by atoms with Crippen molar-refractivity contribution >= 4 is 34.8 Å². The Morgan fingerprint density at radius 2 is 2.15 bits per heavy atom. The molecule has 0 saturated carbocycles. The van der Waals surface area contributed by atoms with Crippen LogP contribution in [0.15, 0.2) is 41.9 Å². The Balaban J connectivity index is 1.63. The van der Waals surface area contributed by atoms with Gasteiger partial charge in [0.15, 0.2) is 6.61 Å². The van der Waals surface area contributed by atoms with Crippen LogP contribution in [0, 0.1) is 5.82 Å². The number of carbonyl (C=O) groups is 2. The number of benzene rings is 1. The molecule has 1 aromatic carbocycles. The first-order valence-corrected chi connectivity index (χ1v) is 8.90. The number of aromatic nitrogens is 1. The topological polar surface area (TPSA) is 80.3 Å². The molecule has 2 aromatic rings. The fourth-order valence-corrected chi connectivity index (χ4v) is 2.53. The maximum absolute atomic E-state index is 13.3. The molecule has 0 unspecified atom stereocenters. The fourth-order valence-electron chi connectivity index (χ4n) is 1.85. The third-order valence-corrected chi connectivity index (χ3v) is 4.30. The van der Waals surface area contributed by atoms with Gasteiger partial charge in [-0.2, -0.15) is 0 Å². The van der Waals surface area contributed by atoms with Gasteiger partial charge in [0.25, 0.3) is 5.91 Å². The van der Waals surface area contributed by atoms with Crippen molar-refractivity contribution in [1.29, 1.82) is 0 Å². The number of nitrogens with zero attached hydrogens (tertiary/aromatic N) is 1. The number of ether oxygens (including phenoxy) is 1. The molecule has 0 radical (unpaired) electrons. The molecule has 138 valence electrons. The largest absolute Gasteiger partial charge is 0.484 e. The summed E-state index contributed by atoms with van der Waals surface area (Å²) in [5.74, 6) is -1.10. The number of hydrogen-bond donors (Lipinski definition) is 2. The molecule has 1 heterocycles. The number of thiazole rings is 1. The van der Waals surface area contributed by atoms with E-state index in [-0.39, 0.29) is 29.8 Å². The number of amides is 2. The molecule has 0 saturated heterocycles. The second kappa shape index (κ2) is 9.88. The maximum Gasteiger partial charge on any atom is 0.257 e. The predicted octanol–water partition coefficient (Wildman–Crippen LogP) is 2.69. The summed E-state index contributed by atoms with van der Waals surface area (Å²) in [7, 11) is 0. The van der Waals surface area contributed by atoms with Gasteiger partial charge in [-0.05, 0) is 18.6 Å². The molecule has 1 aromatic heterocycles. The molecule has 9 heteroatoms. The first-order chi connectivity index (χ1) is 12.5. The lowest BCUT2D eigenvalue weighted by Crippen LogP contribution is -2.31. The van der Waals surface area contributed by atoms with Crippen LogP contribution >= 0.6 is 22.9 Å². The molecule has 0 bridgehead atoms. The van der Waals surface area contributed by atoms with Gasteiger partial charge < -0.3 is 15.4 Å². The number of hydrogen-bond acceptors (Lipinski definition) is 5. The van der Waals surface area contributed by atoms with Crippen LogP contribution in [0.3, 0.4) is 0 Å². The summed E-state index contributed by atoms with van der Waals surface area (Å²) in [5, 5.41) is 7.91. The third-order valence-electron chi connectivity index (χ3n) is 3.21. The average molecular weight is 398 g/mol. The lowest BCUT2D eigenvalue weighted by molar-refractivity contribution is -0.123. The zero-order valence-electron chi connectivity index (χ0n) is 13.8. The molecule has 2 amide bonds. The van der Waals surface area contributed by atoms with Gasteiger partial charge in [-0.15, -0.1) is 11.3 Å². The molecule has 0 atom stereocenters. The van der Waals surface area contributed by atoms with E-state index in [1.165, 1.54) is 23.5 Å². The third kappa shape index (κ3) is 6.45. The summed E-state index contributed by atoms with van der Waals surface area (Å²) in [6.45, 7) is 4.00. The van der Waals surface area contributed by atoms with Crippen molar-refractivity contribution in [2.24, 2.45) is 0 Å². The number of rotatable bonds is 9. The standard InChI is InChI=1S/C17H17ClFN3O3S/c1-11(17(24)22-9-16-21-6-7-26-16)4-5-20-15(23)10-25-12-2-3-13(18)14(19)8-12/h2-3,6-8H,1,4-5,9-10H2,(H,20,23)(H,22,24). The highest BCUT2D eigenvalue weighted by atomic mass is 35.5. The molecular formula is C17H17ClFN3O3S. The van der Waals surface area contributed by atoms with E-state index in [0.717, 1.165) is 11.1 Å². The lowest BCUT2D eigenvalue weighted by Gasteiger charge is -2.09. The fraction of sp³-hybridized carbons (Fsp3) is 0.235. The van der Waals surface area contributed by atoms with Crippen LogP contribution < -0.4 is 15.4 Å². The minimum absolute atomic E-state index is 0.0200. The maximum atomic E-state index is 13.3. The summed E-state index contributed by atoms with van der Waals surface area (Å²) in [4.78, 5) is 27.6. The Morgan fingerprint density at radius 1 is 1.35 bits per heavy atom. The van der Waals surface area contributed by atoms with E-state index < -0.39 is 11.7 Å². The van der Waals surface area contributed by atoms with E-state index in [4.69, 9.17) is 16.3 Å². The highest BCUT2D eigenvalue weighted by Crippen LogP contribution is 2.20. The smallest absolute Gasteiger partial charge is 0.257 e. The van der Waals surface area contributed by atoms with E-state index in [1.807, 2.05) is 5.38 Å². The zero-order chi connectivity index (χ0) is 18.9. The van der Waals surface area contributed by atoms with Crippen LogP contribution in [0.4, 0.5) is 4.39 Å². The Morgan fingerprint density at radius 3 is 2.85 bits per heavy atom. The van der Waals surface area contributed by atoms with Gasteiger partial charge in [-0.1, -0.05) is 18.2 Å². The SMILES string of the molecule is C=C(CCNC(=O)COc1ccc(Cl)c(F)c1)C(=O)NCc1nccs1. The van der Waals surface area contributed by atoms with Gasteiger partial charge >= 0.3 is 0 Å². The van der Waals surface area contributed by atoms with Gasteiger partial charge in [-0.3, -0.25) is 9.59 Å². The van der Waals surface area contributed by atoms with Crippen molar-refractivity contribution in [2.75, 3.05) is 13.2 Å². The zero-order valence-corrected chi connectivity index (χ0v) is 15.3. The van der Waals surface area contributed by atoms with E-state index in [1.54, 1.807) is 6.20 Å². The van der Waals surface area contributed by atoms with Gasteiger partial charge in [0, 0.05) is 29.8 Å². The van der Waals surface area contributed by atoms with Crippen molar-refractivity contribution in [3.05, 3.63) is 57.8 Å². The highest BCUT2D eigenvalue weighted by molar-refractivity contribution is 7.09. The van der Waals surface area contributed by atoms with Crippen LogP contribution in [0.25, 0.3) is 0 Å². The van der Waals surface area contributed by atoms with Crippen LogP contribution in [0.1, 0.15) is 11.4 Å². The van der Waals surface area contributed by atoms with Crippen molar-refractivity contribution in [2.45, 2.75) is 13.0 Å². The Hall–Kier alpha value is -2.45. The second-order valence-electron chi connectivity index (χ2n) is 5.18. The molecule has 6 nitrogen and oxygen atoms in total. The molecular weight excluding hydrogens is 381 g/mol. The summed E-state index contributed by atoms with van der Waals surface area (Å²) < 4.78 is 18.4. The second-order valence-corrected chi connectivity index (χ2v) is 6.56. The van der Waals surface area contributed by atoms with Crippen molar-refractivity contribution < 1.29 is 18.7 Å². The summed E-state index contributed by atoms with van der Waals surface area (Å²) >= 11 is 7.01. The number of nitrogens with one attached hydrogen (secondary N) is 2. The van der Waals surface area contributed by atoms with Gasteiger partial charge in [0.2, 0.25) is 5.91 Å². The molecule has 0 fully saturated rings. The number of carbonyl (C=O) groups excluding carboxylic acids is 2. The first-order valence-electron chi connectivity index (χ1n) is 7.64. The summed E-state index contributed by atoms with van der Waals surface area (Å²) in [6.07, 6.45) is 1.96. The van der Waals surface area contributed by atoms with Gasteiger partial charge in [0.1, 0.15) is 16.6 Å². The van der Waals surface area contributed by atoms with E-state index >= 15 is 0 Å². The molecule has 0 aliphatic carbocycles. The summed E-state index contributed by atoms with van der Waals surface area (Å²) in [6, 6.07) is 3.91. The molecule has 0 aliphatic rings. The quantitative estimate of drug-likeness (QED) is 0.637. The van der Waals surface area contributed by atoms with Crippen LogP contribution in [-0.4, -0.2) is 29.9 Å². The Labute approximate surface area is 159 Å². The van der Waals surface area contributed by atoms with E-state index in [0.29, 0.717) is 18.5 Å². The van der Waals surface area contributed by atoms with Crippen LogP contribution in [0.5, 0.6) is 5.75 Å². The Bertz CT molecular complexity index is 784. The Kier molecular flexibility index (Phi) is 7.55. The van der Waals surface area contributed by atoms with Crippen molar-refractivity contribution in [3.8, 4) is 5.75 Å². The van der Waals surface area contributed by atoms with Crippen LogP contribution in [-0.2, 0) is 16.1 Å². The van der Waals surface area contributed by atoms with Crippen molar-refractivity contribution in [3.63, 3.8) is 0 Å². The molecule has 2 rings (SSSR count). The number of halogens is 2. The normalized spacial score (nSPS) is 10.2. The van der Waals surface area contributed by atoms with Crippen LogP contribution in [0.2, 0.25) is 5.02 Å². The summed E-state index contributed by atoms with van der Waals surface area (Å²) in [5.41, 5.74) is 0.350. The van der Waals surface area contributed by atoms with Crippen molar-refractivity contribution in [1.82, 2.24) is 15.6 Å². The van der Waals surface area contributed by atoms with Gasteiger partial charge in [0.05, 0.1) is 11.6 Å². The van der Waals surface area contributed by atoms with Gasteiger partial charge in [-0.25, -0.2) is 9.37 Å². The lowest BCUT2D eigenvalue weighted by atomic mass is 10.2. The monoisotopic (exact) mass is 397 g/mol. The molecule has 0 aliphatic heterocycles. The molecule has 2 N–H and O–H groups in total. The minimum atomic E-state index is -0.621. The highest BCUT2D eigenvalue weighted by Gasteiger charge is 2.09. The average Bonchev–Trinajstić information content (AvgIpc) is 3.14. The van der Waals surface area contributed by atoms with E-state index in [9.17, 15) is 14.0 Å². The minimum Gasteiger partial charge on any atom is -0.484 e. The predicted molar refractivity (Wildman–Crippen MR) is 97.6 cm³/mol. The van der Waals surface area contributed by atoms with E-state index in [2.05, 4.69) is 22.2 Å². The molecule has 26 heavy (non-hydrogen) atoms.